The highest BCUT2D eigenvalue weighted by Crippen LogP contribution is 2.31. The maximum Gasteiger partial charge on any atom is 0.0681 e. The fourth-order valence-electron chi connectivity index (χ4n) is 2.16. The lowest BCUT2D eigenvalue weighted by molar-refractivity contribution is 0.282. The summed E-state index contributed by atoms with van der Waals surface area (Å²) in [5.74, 6) is 0. The first-order valence-corrected chi connectivity index (χ1v) is 6.31. The number of aliphatic hydroxyl groups is 1. The molecular weight excluding hydrogens is 220 g/mol. The lowest BCUT2D eigenvalue weighted by Gasteiger charge is -2.26. The Kier molecular flexibility index (Phi) is 3.53. The lowest BCUT2D eigenvalue weighted by Crippen LogP contribution is -2.18. The van der Waals surface area contributed by atoms with Gasteiger partial charge in [0, 0.05) is 5.41 Å². The molecule has 0 unspecified atom stereocenters. The van der Waals surface area contributed by atoms with Gasteiger partial charge in [0.2, 0.25) is 0 Å². The normalized spacial score (nSPS) is 11.6. The first-order chi connectivity index (χ1) is 8.54. The third kappa shape index (κ3) is 2.46. The molecule has 0 radical (unpaired) electrons. The molecule has 0 fully saturated rings. The molecule has 2 aromatic carbocycles. The Balaban J connectivity index is 2.37. The molecule has 0 aliphatic carbocycles. The second-order valence-electron chi connectivity index (χ2n) is 5.35. The highest BCUT2D eigenvalue weighted by molar-refractivity contribution is 5.39. The average Bonchev–Trinajstić information content (AvgIpc) is 2.39. The van der Waals surface area contributed by atoms with Gasteiger partial charge in [-0.25, -0.2) is 0 Å². The van der Waals surface area contributed by atoms with Crippen molar-refractivity contribution in [2.24, 2.45) is 0 Å². The van der Waals surface area contributed by atoms with E-state index in [1.807, 2.05) is 12.1 Å². The van der Waals surface area contributed by atoms with Crippen LogP contribution < -0.4 is 0 Å². The van der Waals surface area contributed by atoms with Crippen molar-refractivity contribution in [3.63, 3.8) is 0 Å². The van der Waals surface area contributed by atoms with Crippen LogP contribution in [0.4, 0.5) is 0 Å². The molecule has 0 atom stereocenters. The van der Waals surface area contributed by atoms with Crippen molar-refractivity contribution in [1.82, 2.24) is 0 Å². The monoisotopic (exact) mass is 240 g/mol. The van der Waals surface area contributed by atoms with E-state index in [0.717, 1.165) is 5.56 Å². The minimum absolute atomic E-state index is 0.0122. The summed E-state index contributed by atoms with van der Waals surface area (Å²) in [6.07, 6.45) is 0. The third-order valence-electron chi connectivity index (χ3n) is 3.63. The molecule has 1 N–H and O–H groups in total. The molecular formula is C17H20O. The Bertz CT molecular complexity index is 506. The van der Waals surface area contributed by atoms with Crippen LogP contribution in [-0.2, 0) is 12.0 Å². The average molecular weight is 240 g/mol. The second kappa shape index (κ2) is 4.95. The molecule has 94 valence electrons. The van der Waals surface area contributed by atoms with Gasteiger partial charge in [-0.3, -0.25) is 0 Å². The van der Waals surface area contributed by atoms with E-state index < -0.39 is 0 Å². The van der Waals surface area contributed by atoms with E-state index in [0.29, 0.717) is 0 Å². The van der Waals surface area contributed by atoms with Crippen molar-refractivity contribution >= 4 is 0 Å². The Morgan fingerprint density at radius 3 is 1.72 bits per heavy atom. The summed E-state index contributed by atoms with van der Waals surface area (Å²) in [5.41, 5.74) is 4.80. The number of aryl methyl sites for hydroxylation is 1. The van der Waals surface area contributed by atoms with Gasteiger partial charge in [-0.05, 0) is 23.6 Å². The standard InChI is InChI=1S/C17H20O/c1-13-4-8-15(9-5-13)17(2,3)16-10-6-14(12-18)7-11-16/h4-11,18H,12H2,1-3H3. The summed E-state index contributed by atoms with van der Waals surface area (Å²) >= 11 is 0. The van der Waals surface area contributed by atoms with E-state index in [4.69, 9.17) is 5.11 Å². The van der Waals surface area contributed by atoms with Crippen molar-refractivity contribution in [2.75, 3.05) is 0 Å². The van der Waals surface area contributed by atoms with Gasteiger partial charge in [-0.1, -0.05) is 67.9 Å². The quantitative estimate of drug-likeness (QED) is 0.865. The second-order valence-corrected chi connectivity index (χ2v) is 5.35. The Morgan fingerprint density at radius 1 is 0.833 bits per heavy atom. The Hall–Kier alpha value is -1.60. The fourth-order valence-corrected chi connectivity index (χ4v) is 2.16. The van der Waals surface area contributed by atoms with Gasteiger partial charge in [0.15, 0.2) is 0 Å². The maximum absolute atomic E-state index is 9.08. The van der Waals surface area contributed by atoms with Crippen LogP contribution in [0.15, 0.2) is 48.5 Å². The first kappa shape index (κ1) is 12.8. The summed E-state index contributed by atoms with van der Waals surface area (Å²) in [4.78, 5) is 0. The van der Waals surface area contributed by atoms with Crippen molar-refractivity contribution in [1.29, 1.82) is 0 Å². The zero-order valence-electron chi connectivity index (χ0n) is 11.3. The van der Waals surface area contributed by atoms with Crippen molar-refractivity contribution in [2.45, 2.75) is 32.8 Å². The lowest BCUT2D eigenvalue weighted by atomic mass is 9.78. The molecule has 0 aliphatic heterocycles. The Morgan fingerprint density at radius 2 is 1.28 bits per heavy atom. The number of benzene rings is 2. The summed E-state index contributed by atoms with van der Waals surface area (Å²) < 4.78 is 0. The molecule has 0 aliphatic rings. The topological polar surface area (TPSA) is 20.2 Å². The zero-order chi connectivity index (χ0) is 13.2. The van der Waals surface area contributed by atoms with Crippen molar-refractivity contribution in [3.05, 3.63) is 70.8 Å². The number of hydrogen-bond donors (Lipinski definition) is 1. The molecule has 2 rings (SSSR count). The zero-order valence-corrected chi connectivity index (χ0v) is 11.3. The van der Waals surface area contributed by atoms with Crippen LogP contribution in [0.1, 0.15) is 36.1 Å². The van der Waals surface area contributed by atoms with E-state index in [2.05, 4.69) is 57.2 Å². The smallest absolute Gasteiger partial charge is 0.0681 e. The minimum atomic E-state index is -0.0122. The summed E-state index contributed by atoms with van der Waals surface area (Å²) in [6, 6.07) is 16.9. The molecule has 0 heterocycles. The van der Waals surface area contributed by atoms with Crippen LogP contribution in [0.2, 0.25) is 0 Å². The molecule has 0 saturated carbocycles. The summed E-state index contributed by atoms with van der Waals surface area (Å²) in [6.45, 7) is 6.66. The van der Waals surface area contributed by atoms with E-state index in [9.17, 15) is 0 Å². The largest absolute Gasteiger partial charge is 0.392 e. The van der Waals surface area contributed by atoms with Gasteiger partial charge in [-0.15, -0.1) is 0 Å². The van der Waals surface area contributed by atoms with Crippen LogP contribution in [0.3, 0.4) is 0 Å². The molecule has 2 aromatic rings. The molecule has 0 bridgehead atoms. The summed E-state index contributed by atoms with van der Waals surface area (Å²) in [5, 5.41) is 9.08. The van der Waals surface area contributed by atoms with Crippen LogP contribution >= 0.6 is 0 Å². The predicted octanol–water partition coefficient (Wildman–Crippen LogP) is 3.81. The van der Waals surface area contributed by atoms with Gasteiger partial charge in [0.25, 0.3) is 0 Å². The van der Waals surface area contributed by atoms with Gasteiger partial charge in [0.05, 0.1) is 6.61 Å². The highest BCUT2D eigenvalue weighted by Gasteiger charge is 2.22. The van der Waals surface area contributed by atoms with E-state index in [1.165, 1.54) is 16.7 Å². The molecule has 0 amide bonds. The van der Waals surface area contributed by atoms with E-state index in [1.54, 1.807) is 0 Å². The van der Waals surface area contributed by atoms with E-state index >= 15 is 0 Å². The van der Waals surface area contributed by atoms with Gasteiger partial charge in [-0.2, -0.15) is 0 Å². The molecule has 0 spiro atoms. The van der Waals surface area contributed by atoms with Gasteiger partial charge >= 0.3 is 0 Å². The SMILES string of the molecule is Cc1ccc(C(C)(C)c2ccc(CO)cc2)cc1. The number of rotatable bonds is 3. The summed E-state index contributed by atoms with van der Waals surface area (Å²) in [7, 11) is 0. The van der Waals surface area contributed by atoms with E-state index in [-0.39, 0.29) is 12.0 Å². The number of hydrogen-bond acceptors (Lipinski definition) is 1. The molecule has 1 heteroatoms. The highest BCUT2D eigenvalue weighted by atomic mass is 16.3. The van der Waals surface area contributed by atoms with Crippen LogP contribution in [-0.4, -0.2) is 5.11 Å². The molecule has 18 heavy (non-hydrogen) atoms. The van der Waals surface area contributed by atoms with Crippen LogP contribution in [0, 0.1) is 6.92 Å². The maximum atomic E-state index is 9.08. The van der Waals surface area contributed by atoms with Crippen LogP contribution in [0.25, 0.3) is 0 Å². The van der Waals surface area contributed by atoms with Crippen molar-refractivity contribution in [3.8, 4) is 0 Å². The van der Waals surface area contributed by atoms with Gasteiger partial charge < -0.3 is 5.11 Å². The van der Waals surface area contributed by atoms with Crippen LogP contribution in [0.5, 0.6) is 0 Å². The minimum Gasteiger partial charge on any atom is -0.392 e. The third-order valence-corrected chi connectivity index (χ3v) is 3.63. The first-order valence-electron chi connectivity index (χ1n) is 6.31. The molecule has 0 saturated heterocycles. The Labute approximate surface area is 109 Å². The predicted molar refractivity (Wildman–Crippen MR) is 75.7 cm³/mol. The van der Waals surface area contributed by atoms with Gasteiger partial charge in [0.1, 0.15) is 0 Å². The molecule has 0 aromatic heterocycles. The molecule has 1 nitrogen and oxygen atoms in total. The van der Waals surface area contributed by atoms with Crippen molar-refractivity contribution < 1.29 is 5.11 Å². The fraction of sp³-hybridized carbons (Fsp3) is 0.294. The number of aliphatic hydroxyl groups excluding tert-OH is 1.